The summed E-state index contributed by atoms with van der Waals surface area (Å²) in [5, 5.41) is 3.49. The Morgan fingerprint density at radius 2 is 1.80 bits per heavy atom. The van der Waals surface area contributed by atoms with E-state index in [1.165, 1.54) is 20.9 Å². The summed E-state index contributed by atoms with van der Waals surface area (Å²) < 4.78 is 0. The molecule has 0 aliphatic heterocycles. The van der Waals surface area contributed by atoms with E-state index >= 15 is 0 Å². The van der Waals surface area contributed by atoms with Gasteiger partial charge in [-0.05, 0) is 42.1 Å². The number of thiophene rings is 1. The molecule has 0 saturated heterocycles. The van der Waals surface area contributed by atoms with E-state index in [0.29, 0.717) is 0 Å². The molecule has 0 spiro atoms. The molecule has 1 heterocycles. The molecule has 0 fully saturated rings. The molecule has 1 N–H and O–H groups in total. The summed E-state index contributed by atoms with van der Waals surface area (Å²) in [5.41, 5.74) is 2.98. The Hall–Kier alpha value is -1.12. The van der Waals surface area contributed by atoms with Crippen LogP contribution in [0.25, 0.3) is 0 Å². The van der Waals surface area contributed by atoms with E-state index < -0.39 is 0 Å². The molecule has 1 nitrogen and oxygen atoms in total. The van der Waals surface area contributed by atoms with Gasteiger partial charge in [-0.15, -0.1) is 11.3 Å². The maximum atomic E-state index is 3.49. The van der Waals surface area contributed by atoms with Gasteiger partial charge in [0.1, 0.15) is 0 Å². The predicted molar refractivity (Wildman–Crippen MR) is 89.7 cm³/mol. The van der Waals surface area contributed by atoms with E-state index in [9.17, 15) is 0 Å². The molecule has 0 saturated carbocycles. The molecule has 0 radical (unpaired) electrons. The van der Waals surface area contributed by atoms with Crippen molar-refractivity contribution in [2.45, 2.75) is 45.6 Å². The van der Waals surface area contributed by atoms with Gasteiger partial charge in [0.2, 0.25) is 0 Å². The largest absolute Gasteiger partial charge is 0.309 e. The van der Waals surface area contributed by atoms with Gasteiger partial charge in [-0.3, -0.25) is 0 Å². The molecule has 0 amide bonds. The molecule has 0 aliphatic rings. The van der Waals surface area contributed by atoms with Crippen molar-refractivity contribution in [3.8, 4) is 0 Å². The first kappa shape index (κ1) is 15.3. The van der Waals surface area contributed by atoms with Crippen LogP contribution in [0.15, 0.2) is 36.4 Å². The third-order valence-corrected chi connectivity index (χ3v) is 4.98. The average molecular weight is 287 g/mol. The second kappa shape index (κ2) is 6.11. The Morgan fingerprint density at radius 3 is 2.35 bits per heavy atom. The number of rotatable bonds is 4. The van der Waals surface area contributed by atoms with Crippen LogP contribution in [-0.2, 0) is 11.8 Å². The zero-order valence-corrected chi connectivity index (χ0v) is 14.0. The highest BCUT2D eigenvalue weighted by Gasteiger charge is 2.23. The lowest BCUT2D eigenvalue weighted by atomic mass is 9.81. The summed E-state index contributed by atoms with van der Waals surface area (Å²) in [7, 11) is 2.05. The Labute approximate surface area is 127 Å². The SMILES string of the molecule is CCc1ccc(C(NC)c2ccccc2C(C)(C)C)s1. The molecular formula is C18H25NS. The van der Waals surface area contributed by atoms with Crippen molar-refractivity contribution in [3.63, 3.8) is 0 Å². The minimum absolute atomic E-state index is 0.163. The summed E-state index contributed by atoms with van der Waals surface area (Å²) in [6.45, 7) is 9.06. The van der Waals surface area contributed by atoms with E-state index in [1.54, 1.807) is 0 Å². The van der Waals surface area contributed by atoms with Crippen LogP contribution < -0.4 is 5.32 Å². The Balaban J connectivity index is 2.47. The maximum Gasteiger partial charge on any atom is 0.0671 e. The number of hydrogen-bond donors (Lipinski definition) is 1. The standard InChI is InChI=1S/C18H25NS/c1-6-13-11-12-16(20-13)17(19-5)14-9-7-8-10-15(14)18(2,3)4/h7-12,17,19H,6H2,1-5H3. The van der Waals surface area contributed by atoms with Crippen LogP contribution in [0, 0.1) is 0 Å². The number of nitrogens with one attached hydrogen (secondary N) is 1. The smallest absolute Gasteiger partial charge is 0.0671 e. The van der Waals surface area contributed by atoms with Crippen molar-refractivity contribution in [3.05, 3.63) is 57.3 Å². The van der Waals surface area contributed by atoms with Gasteiger partial charge in [-0.1, -0.05) is 52.0 Å². The van der Waals surface area contributed by atoms with E-state index in [0.717, 1.165) is 6.42 Å². The van der Waals surface area contributed by atoms with Crippen LogP contribution in [0.5, 0.6) is 0 Å². The molecule has 1 atom stereocenters. The van der Waals surface area contributed by atoms with Crippen LogP contribution >= 0.6 is 11.3 Å². The highest BCUT2D eigenvalue weighted by molar-refractivity contribution is 7.12. The normalized spacial score (nSPS) is 13.4. The van der Waals surface area contributed by atoms with Gasteiger partial charge in [-0.25, -0.2) is 0 Å². The first-order valence-corrected chi connectivity index (χ1v) is 8.14. The van der Waals surface area contributed by atoms with Crippen molar-refractivity contribution < 1.29 is 0 Å². The van der Waals surface area contributed by atoms with Crippen LogP contribution in [0.1, 0.15) is 54.6 Å². The molecule has 1 aromatic heterocycles. The monoisotopic (exact) mass is 287 g/mol. The molecular weight excluding hydrogens is 262 g/mol. The van der Waals surface area contributed by atoms with Gasteiger partial charge < -0.3 is 5.32 Å². The Bertz CT molecular complexity index is 563. The Morgan fingerprint density at radius 1 is 1.10 bits per heavy atom. The van der Waals surface area contributed by atoms with Crippen molar-refractivity contribution in [2.24, 2.45) is 0 Å². The van der Waals surface area contributed by atoms with Crippen molar-refractivity contribution >= 4 is 11.3 Å². The van der Waals surface area contributed by atoms with E-state index in [1.807, 2.05) is 11.3 Å². The van der Waals surface area contributed by atoms with Crippen molar-refractivity contribution in [1.82, 2.24) is 5.32 Å². The summed E-state index contributed by atoms with van der Waals surface area (Å²) in [5.74, 6) is 0. The fourth-order valence-corrected chi connectivity index (χ4v) is 3.70. The summed E-state index contributed by atoms with van der Waals surface area (Å²) in [6.07, 6.45) is 1.11. The molecule has 20 heavy (non-hydrogen) atoms. The van der Waals surface area contributed by atoms with Crippen LogP contribution in [-0.4, -0.2) is 7.05 Å². The second-order valence-electron chi connectivity index (χ2n) is 6.22. The van der Waals surface area contributed by atoms with Gasteiger partial charge in [0.15, 0.2) is 0 Å². The van der Waals surface area contributed by atoms with Crippen molar-refractivity contribution in [2.75, 3.05) is 7.05 Å². The molecule has 2 rings (SSSR count). The zero-order chi connectivity index (χ0) is 14.8. The fourth-order valence-electron chi connectivity index (χ4n) is 2.62. The Kier molecular flexibility index (Phi) is 4.66. The highest BCUT2D eigenvalue weighted by Crippen LogP contribution is 2.35. The molecule has 2 aromatic rings. The minimum atomic E-state index is 0.163. The molecule has 1 aromatic carbocycles. The number of hydrogen-bond acceptors (Lipinski definition) is 2. The van der Waals surface area contributed by atoms with Gasteiger partial charge in [0.05, 0.1) is 6.04 Å². The highest BCUT2D eigenvalue weighted by atomic mass is 32.1. The predicted octanol–water partition coefficient (Wildman–Crippen LogP) is 4.92. The van der Waals surface area contributed by atoms with Gasteiger partial charge in [-0.2, -0.15) is 0 Å². The lowest BCUT2D eigenvalue weighted by molar-refractivity contribution is 0.568. The lowest BCUT2D eigenvalue weighted by Gasteiger charge is -2.27. The minimum Gasteiger partial charge on any atom is -0.309 e. The molecule has 2 heteroatoms. The van der Waals surface area contributed by atoms with Gasteiger partial charge >= 0.3 is 0 Å². The topological polar surface area (TPSA) is 12.0 Å². The first-order valence-electron chi connectivity index (χ1n) is 7.32. The summed E-state index contributed by atoms with van der Waals surface area (Å²) in [6, 6.07) is 13.6. The van der Waals surface area contributed by atoms with Gasteiger partial charge in [0, 0.05) is 9.75 Å². The lowest BCUT2D eigenvalue weighted by Crippen LogP contribution is -2.22. The van der Waals surface area contributed by atoms with E-state index in [2.05, 4.69) is 76.5 Å². The quantitative estimate of drug-likeness (QED) is 0.842. The number of aryl methyl sites for hydroxylation is 1. The summed E-state index contributed by atoms with van der Waals surface area (Å²) >= 11 is 1.92. The summed E-state index contributed by atoms with van der Waals surface area (Å²) in [4.78, 5) is 2.86. The van der Waals surface area contributed by atoms with Crippen LogP contribution in [0.4, 0.5) is 0 Å². The third kappa shape index (κ3) is 3.13. The van der Waals surface area contributed by atoms with Crippen LogP contribution in [0.3, 0.4) is 0 Å². The first-order chi connectivity index (χ1) is 9.47. The molecule has 108 valence electrons. The molecule has 0 bridgehead atoms. The fraction of sp³-hybridized carbons (Fsp3) is 0.444. The van der Waals surface area contributed by atoms with Crippen molar-refractivity contribution in [1.29, 1.82) is 0 Å². The van der Waals surface area contributed by atoms with E-state index in [-0.39, 0.29) is 11.5 Å². The number of benzene rings is 1. The van der Waals surface area contributed by atoms with Gasteiger partial charge in [0.25, 0.3) is 0 Å². The van der Waals surface area contributed by atoms with Crippen LogP contribution in [0.2, 0.25) is 0 Å². The molecule has 1 unspecified atom stereocenters. The third-order valence-electron chi connectivity index (χ3n) is 3.68. The second-order valence-corrected chi connectivity index (χ2v) is 7.42. The maximum absolute atomic E-state index is 3.49. The average Bonchev–Trinajstić information content (AvgIpc) is 2.88. The zero-order valence-electron chi connectivity index (χ0n) is 13.2. The molecule has 0 aliphatic carbocycles. The van der Waals surface area contributed by atoms with E-state index in [4.69, 9.17) is 0 Å².